The van der Waals surface area contributed by atoms with Crippen molar-refractivity contribution in [1.82, 2.24) is 0 Å². The van der Waals surface area contributed by atoms with Crippen LogP contribution in [0.15, 0.2) is 18.2 Å². The Bertz CT molecular complexity index is 299. The summed E-state index contributed by atoms with van der Waals surface area (Å²) in [5, 5.41) is 0. The van der Waals surface area contributed by atoms with Crippen molar-refractivity contribution in [1.29, 1.82) is 0 Å². The summed E-state index contributed by atoms with van der Waals surface area (Å²) in [5.41, 5.74) is 1.75. The normalized spacial score (nSPS) is 9.18. The van der Waals surface area contributed by atoms with Gasteiger partial charge in [0.15, 0.2) is 0 Å². The Labute approximate surface area is 65.3 Å². The summed E-state index contributed by atoms with van der Waals surface area (Å²) >= 11 is 0. The van der Waals surface area contributed by atoms with Gasteiger partial charge in [0.2, 0.25) is 6.54 Å². The van der Waals surface area contributed by atoms with E-state index in [4.69, 9.17) is 6.57 Å². The van der Waals surface area contributed by atoms with Crippen LogP contribution in [0.1, 0.15) is 11.1 Å². The molecule has 11 heavy (non-hydrogen) atoms. The standard InChI is InChI=1S/C9H8FN/c1-7-3-4-9(10)5-8(7)6-11-2/h3-5H,6H2,1H3. The van der Waals surface area contributed by atoms with Gasteiger partial charge in [-0.2, -0.15) is 0 Å². The van der Waals surface area contributed by atoms with E-state index in [2.05, 4.69) is 4.85 Å². The molecule has 0 unspecified atom stereocenters. The van der Waals surface area contributed by atoms with E-state index in [1.165, 1.54) is 12.1 Å². The molecule has 1 rings (SSSR count). The zero-order valence-corrected chi connectivity index (χ0v) is 6.26. The largest absolute Gasteiger partial charge is 0.312 e. The van der Waals surface area contributed by atoms with Crippen LogP contribution in [0.3, 0.4) is 0 Å². The number of halogens is 1. The summed E-state index contributed by atoms with van der Waals surface area (Å²) in [6.45, 7) is 8.75. The molecule has 1 nitrogen and oxygen atoms in total. The summed E-state index contributed by atoms with van der Waals surface area (Å²) < 4.78 is 12.6. The molecule has 0 saturated heterocycles. The maximum atomic E-state index is 12.6. The van der Waals surface area contributed by atoms with Gasteiger partial charge in [0.05, 0.1) is 0 Å². The fraction of sp³-hybridized carbons (Fsp3) is 0.222. The number of benzene rings is 1. The van der Waals surface area contributed by atoms with Crippen molar-refractivity contribution in [2.75, 3.05) is 0 Å². The van der Waals surface area contributed by atoms with E-state index in [1.54, 1.807) is 6.07 Å². The molecule has 56 valence electrons. The Kier molecular flexibility index (Phi) is 2.22. The molecule has 0 aromatic heterocycles. The second-order valence-electron chi connectivity index (χ2n) is 2.39. The minimum atomic E-state index is -0.269. The first-order valence-electron chi connectivity index (χ1n) is 3.32. The Balaban J connectivity index is 3.05. The van der Waals surface area contributed by atoms with Gasteiger partial charge >= 0.3 is 0 Å². The lowest BCUT2D eigenvalue weighted by Crippen LogP contribution is -1.86. The van der Waals surface area contributed by atoms with Crippen LogP contribution in [-0.4, -0.2) is 0 Å². The molecule has 0 saturated carbocycles. The fourth-order valence-corrected chi connectivity index (χ4v) is 0.896. The summed E-state index contributed by atoms with van der Waals surface area (Å²) in [5.74, 6) is -0.269. The van der Waals surface area contributed by atoms with Gasteiger partial charge in [0.1, 0.15) is 5.82 Å². The summed E-state index contributed by atoms with van der Waals surface area (Å²) in [6.07, 6.45) is 0. The molecule has 0 radical (unpaired) electrons. The smallest absolute Gasteiger partial charge is 0.240 e. The van der Waals surface area contributed by atoms with Crippen molar-refractivity contribution in [3.8, 4) is 0 Å². The fourth-order valence-electron chi connectivity index (χ4n) is 0.896. The van der Waals surface area contributed by atoms with E-state index in [-0.39, 0.29) is 12.4 Å². The third-order valence-corrected chi connectivity index (χ3v) is 1.56. The quantitative estimate of drug-likeness (QED) is 0.540. The van der Waals surface area contributed by atoms with Crippen LogP contribution in [0.5, 0.6) is 0 Å². The van der Waals surface area contributed by atoms with Crippen molar-refractivity contribution in [3.63, 3.8) is 0 Å². The van der Waals surface area contributed by atoms with E-state index < -0.39 is 0 Å². The lowest BCUT2D eigenvalue weighted by molar-refractivity contribution is 0.625. The van der Waals surface area contributed by atoms with E-state index in [1.807, 2.05) is 6.92 Å². The molecule has 0 aliphatic carbocycles. The number of aryl methyl sites for hydroxylation is 1. The zero-order valence-electron chi connectivity index (χ0n) is 6.26. The zero-order chi connectivity index (χ0) is 8.27. The first-order chi connectivity index (χ1) is 5.24. The highest BCUT2D eigenvalue weighted by molar-refractivity contribution is 5.27. The molecule has 0 aliphatic heterocycles. The number of nitrogens with zero attached hydrogens (tertiary/aromatic N) is 1. The lowest BCUT2D eigenvalue weighted by atomic mass is 10.1. The summed E-state index contributed by atoms with van der Waals surface area (Å²) in [4.78, 5) is 3.19. The minimum absolute atomic E-state index is 0.267. The Hall–Kier alpha value is -1.36. The monoisotopic (exact) mass is 149 g/mol. The molecule has 1 aromatic rings. The van der Waals surface area contributed by atoms with Gasteiger partial charge < -0.3 is 4.85 Å². The van der Waals surface area contributed by atoms with Gasteiger partial charge in [-0.15, -0.1) is 0 Å². The Morgan fingerprint density at radius 3 is 2.91 bits per heavy atom. The summed E-state index contributed by atoms with van der Waals surface area (Å²) in [6, 6.07) is 4.51. The maximum Gasteiger partial charge on any atom is 0.240 e. The molecule has 0 amide bonds. The average Bonchev–Trinajstić information content (AvgIpc) is 1.98. The molecule has 2 heteroatoms. The predicted molar refractivity (Wildman–Crippen MR) is 41.4 cm³/mol. The van der Waals surface area contributed by atoms with E-state index in [9.17, 15) is 4.39 Å². The number of hydrogen-bond donors (Lipinski definition) is 0. The van der Waals surface area contributed by atoms with Crippen LogP contribution in [0.4, 0.5) is 4.39 Å². The SMILES string of the molecule is [C-]#[N+]Cc1cc(F)ccc1C. The molecule has 0 fully saturated rings. The predicted octanol–water partition coefficient (Wildman–Crippen LogP) is 2.55. The lowest BCUT2D eigenvalue weighted by Gasteiger charge is -1.97. The average molecular weight is 149 g/mol. The molecule has 0 N–H and O–H groups in total. The minimum Gasteiger partial charge on any atom is -0.312 e. The van der Waals surface area contributed by atoms with Crippen molar-refractivity contribution in [2.45, 2.75) is 13.5 Å². The van der Waals surface area contributed by atoms with Gasteiger partial charge in [-0.25, -0.2) is 11.0 Å². The maximum absolute atomic E-state index is 12.6. The van der Waals surface area contributed by atoms with Crippen molar-refractivity contribution < 1.29 is 4.39 Å². The van der Waals surface area contributed by atoms with Crippen LogP contribution < -0.4 is 0 Å². The van der Waals surface area contributed by atoms with E-state index in [0.29, 0.717) is 0 Å². The highest BCUT2D eigenvalue weighted by Crippen LogP contribution is 2.10. The topological polar surface area (TPSA) is 4.36 Å². The Morgan fingerprint density at radius 2 is 2.27 bits per heavy atom. The second kappa shape index (κ2) is 3.16. The number of hydrogen-bond acceptors (Lipinski definition) is 0. The second-order valence-corrected chi connectivity index (χ2v) is 2.39. The third kappa shape index (κ3) is 1.78. The van der Waals surface area contributed by atoms with Gasteiger partial charge in [-0.3, -0.25) is 0 Å². The molecular weight excluding hydrogens is 141 g/mol. The van der Waals surface area contributed by atoms with Crippen molar-refractivity contribution in [2.24, 2.45) is 0 Å². The van der Waals surface area contributed by atoms with Crippen LogP contribution in [0.2, 0.25) is 0 Å². The molecule has 1 aromatic carbocycles. The van der Waals surface area contributed by atoms with Gasteiger partial charge in [0, 0.05) is 5.56 Å². The van der Waals surface area contributed by atoms with Gasteiger partial charge in [-0.05, 0) is 24.6 Å². The Morgan fingerprint density at radius 1 is 1.55 bits per heavy atom. The number of rotatable bonds is 1. The highest BCUT2D eigenvalue weighted by atomic mass is 19.1. The molecule has 0 heterocycles. The first-order valence-corrected chi connectivity index (χ1v) is 3.32. The van der Waals surface area contributed by atoms with Crippen LogP contribution in [0, 0.1) is 19.3 Å². The molecule has 0 atom stereocenters. The van der Waals surface area contributed by atoms with Crippen molar-refractivity contribution in [3.05, 3.63) is 46.6 Å². The van der Waals surface area contributed by atoms with E-state index in [0.717, 1.165) is 11.1 Å². The molecule has 0 bridgehead atoms. The van der Waals surface area contributed by atoms with Crippen LogP contribution >= 0.6 is 0 Å². The van der Waals surface area contributed by atoms with E-state index >= 15 is 0 Å². The van der Waals surface area contributed by atoms with Crippen LogP contribution in [-0.2, 0) is 6.54 Å². The third-order valence-electron chi connectivity index (χ3n) is 1.56. The van der Waals surface area contributed by atoms with Crippen LogP contribution in [0.25, 0.3) is 4.85 Å². The first kappa shape index (κ1) is 7.74. The molecular formula is C9H8FN. The molecule has 0 spiro atoms. The van der Waals surface area contributed by atoms with Crippen molar-refractivity contribution >= 4 is 0 Å². The van der Waals surface area contributed by atoms with Gasteiger partial charge in [0.25, 0.3) is 0 Å². The van der Waals surface area contributed by atoms with Gasteiger partial charge in [-0.1, -0.05) is 6.07 Å². The molecule has 0 aliphatic rings. The highest BCUT2D eigenvalue weighted by Gasteiger charge is 2.00. The summed E-state index contributed by atoms with van der Waals surface area (Å²) in [7, 11) is 0.